The van der Waals surface area contributed by atoms with Crippen molar-refractivity contribution in [1.82, 2.24) is 4.98 Å². The molecule has 0 unspecified atom stereocenters. The van der Waals surface area contributed by atoms with Crippen molar-refractivity contribution in [3.8, 4) is 28.5 Å². The molecule has 0 aliphatic heterocycles. The normalized spacial score (nSPS) is 10.4. The van der Waals surface area contributed by atoms with Crippen LogP contribution in [0, 0.1) is 25.2 Å². The molecule has 0 atom stereocenters. The molecule has 0 fully saturated rings. The van der Waals surface area contributed by atoms with Crippen LogP contribution in [-0.2, 0) is 0 Å². The fraction of sp³-hybridized carbons (Fsp3) is 0.111. The molecule has 2 heterocycles. The lowest BCUT2D eigenvalue weighted by atomic mass is 9.98. The fourth-order valence-corrected chi connectivity index (χ4v) is 3.23. The third-order valence-electron chi connectivity index (χ3n) is 3.65. The van der Waals surface area contributed by atoms with Crippen molar-refractivity contribution in [3.05, 3.63) is 68.1 Å². The lowest BCUT2D eigenvalue weighted by Crippen LogP contribution is -2.12. The number of hydrogen-bond acceptors (Lipinski definition) is 3. The molecule has 1 N–H and O–H groups in total. The highest BCUT2D eigenvalue weighted by atomic mass is 32.1. The Balaban J connectivity index is 2.27. The molecular formula is C18H14N2OS. The number of rotatable bonds is 2. The average Bonchev–Trinajstić information content (AvgIpc) is 3.00. The molecule has 3 nitrogen and oxygen atoms in total. The van der Waals surface area contributed by atoms with Gasteiger partial charge in [0.25, 0.3) is 5.56 Å². The topological polar surface area (TPSA) is 56.6 Å². The smallest absolute Gasteiger partial charge is 0.266 e. The zero-order valence-electron chi connectivity index (χ0n) is 12.3. The Morgan fingerprint density at radius 2 is 1.95 bits per heavy atom. The number of nitrogens with one attached hydrogen (secondary N) is 1. The summed E-state index contributed by atoms with van der Waals surface area (Å²) in [6.45, 7) is 4.05. The standard InChI is InChI=1S/C18H14N2OS/c1-11-3-4-14(12(2)7-11)17-8-15(13-5-6-22-10-13)16(9-19)18(21)20-17/h3-8,10H,1-2H3,(H,20,21). The summed E-state index contributed by atoms with van der Waals surface area (Å²) >= 11 is 1.54. The fourth-order valence-electron chi connectivity index (χ4n) is 2.58. The van der Waals surface area contributed by atoms with Crippen molar-refractivity contribution in [2.24, 2.45) is 0 Å². The van der Waals surface area contributed by atoms with Crippen LogP contribution in [0.2, 0.25) is 0 Å². The molecular weight excluding hydrogens is 292 g/mol. The molecule has 0 aliphatic carbocycles. The van der Waals surface area contributed by atoms with Crippen LogP contribution in [0.25, 0.3) is 22.4 Å². The Morgan fingerprint density at radius 3 is 2.59 bits per heavy atom. The highest BCUT2D eigenvalue weighted by molar-refractivity contribution is 7.08. The second kappa shape index (κ2) is 5.63. The summed E-state index contributed by atoms with van der Waals surface area (Å²) in [4.78, 5) is 15.1. The number of aromatic nitrogens is 1. The van der Waals surface area contributed by atoms with Gasteiger partial charge in [-0.2, -0.15) is 16.6 Å². The van der Waals surface area contributed by atoms with Gasteiger partial charge in [0.1, 0.15) is 11.6 Å². The minimum absolute atomic E-state index is 0.159. The summed E-state index contributed by atoms with van der Waals surface area (Å²) < 4.78 is 0. The Morgan fingerprint density at radius 1 is 1.14 bits per heavy atom. The Hall–Kier alpha value is -2.64. The first-order valence-corrected chi connectivity index (χ1v) is 7.82. The zero-order valence-corrected chi connectivity index (χ0v) is 13.1. The van der Waals surface area contributed by atoms with Gasteiger partial charge in [-0.25, -0.2) is 0 Å². The molecule has 108 valence electrons. The third kappa shape index (κ3) is 2.47. The SMILES string of the molecule is Cc1ccc(-c2cc(-c3ccsc3)c(C#N)c(=O)[nH]2)c(C)c1. The van der Waals surface area contributed by atoms with Crippen LogP contribution in [-0.4, -0.2) is 4.98 Å². The maximum Gasteiger partial charge on any atom is 0.266 e. The van der Waals surface area contributed by atoms with E-state index in [0.717, 1.165) is 22.4 Å². The van der Waals surface area contributed by atoms with Crippen molar-refractivity contribution in [1.29, 1.82) is 5.26 Å². The van der Waals surface area contributed by atoms with Gasteiger partial charge >= 0.3 is 0 Å². The Kier molecular flexibility index (Phi) is 3.66. The Labute approximate surface area is 132 Å². The van der Waals surface area contributed by atoms with Gasteiger partial charge in [-0.3, -0.25) is 4.79 Å². The van der Waals surface area contributed by atoms with E-state index in [0.29, 0.717) is 5.56 Å². The van der Waals surface area contributed by atoms with Crippen LogP contribution in [0.1, 0.15) is 16.7 Å². The van der Waals surface area contributed by atoms with Gasteiger partial charge in [0, 0.05) is 16.8 Å². The first-order chi connectivity index (χ1) is 10.6. The molecule has 22 heavy (non-hydrogen) atoms. The number of nitriles is 1. The van der Waals surface area contributed by atoms with Gasteiger partial charge in [-0.15, -0.1) is 0 Å². The summed E-state index contributed by atoms with van der Waals surface area (Å²) in [6, 6.07) is 11.9. The third-order valence-corrected chi connectivity index (χ3v) is 4.33. The monoisotopic (exact) mass is 306 g/mol. The summed E-state index contributed by atoms with van der Waals surface area (Å²) in [5, 5.41) is 13.2. The van der Waals surface area contributed by atoms with Gasteiger partial charge in [-0.1, -0.05) is 23.8 Å². The first kappa shape index (κ1) is 14.3. The van der Waals surface area contributed by atoms with Crippen molar-refractivity contribution in [2.45, 2.75) is 13.8 Å². The quantitative estimate of drug-likeness (QED) is 0.769. The van der Waals surface area contributed by atoms with Gasteiger partial charge in [0.05, 0.1) is 0 Å². The molecule has 2 aromatic heterocycles. The van der Waals surface area contributed by atoms with Crippen LogP contribution in [0.4, 0.5) is 0 Å². The number of aromatic amines is 1. The number of pyridine rings is 1. The van der Waals surface area contributed by atoms with E-state index in [2.05, 4.69) is 11.1 Å². The second-order valence-electron chi connectivity index (χ2n) is 5.24. The lowest BCUT2D eigenvalue weighted by molar-refractivity contribution is 1.21. The van der Waals surface area contributed by atoms with E-state index >= 15 is 0 Å². The molecule has 0 spiro atoms. The second-order valence-corrected chi connectivity index (χ2v) is 6.02. The molecule has 0 aliphatic rings. The van der Waals surface area contributed by atoms with Gasteiger partial charge in [0.2, 0.25) is 0 Å². The van der Waals surface area contributed by atoms with E-state index in [9.17, 15) is 10.1 Å². The van der Waals surface area contributed by atoms with Crippen LogP contribution in [0.15, 0.2) is 45.9 Å². The number of benzene rings is 1. The number of nitrogens with zero attached hydrogens (tertiary/aromatic N) is 1. The Bertz CT molecular complexity index is 931. The van der Waals surface area contributed by atoms with Gasteiger partial charge < -0.3 is 4.98 Å². The molecule has 0 saturated carbocycles. The molecule has 0 radical (unpaired) electrons. The summed E-state index contributed by atoms with van der Waals surface area (Å²) in [6.07, 6.45) is 0. The van der Waals surface area contributed by atoms with E-state index in [1.165, 1.54) is 5.56 Å². The van der Waals surface area contributed by atoms with Crippen molar-refractivity contribution in [3.63, 3.8) is 0 Å². The summed E-state index contributed by atoms with van der Waals surface area (Å²) in [7, 11) is 0. The maximum absolute atomic E-state index is 12.3. The number of H-pyrrole nitrogens is 1. The molecule has 0 amide bonds. The van der Waals surface area contributed by atoms with E-state index in [4.69, 9.17) is 0 Å². The van der Waals surface area contributed by atoms with Gasteiger partial charge in [0.15, 0.2) is 0 Å². The van der Waals surface area contributed by atoms with Crippen LogP contribution in [0.3, 0.4) is 0 Å². The van der Waals surface area contributed by atoms with Crippen molar-refractivity contribution >= 4 is 11.3 Å². The highest BCUT2D eigenvalue weighted by Crippen LogP contribution is 2.29. The minimum Gasteiger partial charge on any atom is -0.321 e. The van der Waals surface area contributed by atoms with E-state index < -0.39 is 0 Å². The first-order valence-electron chi connectivity index (χ1n) is 6.88. The number of hydrogen-bond donors (Lipinski definition) is 1. The van der Waals surface area contributed by atoms with E-state index in [-0.39, 0.29) is 11.1 Å². The largest absolute Gasteiger partial charge is 0.321 e. The van der Waals surface area contributed by atoms with Crippen molar-refractivity contribution in [2.75, 3.05) is 0 Å². The maximum atomic E-state index is 12.3. The number of thiophene rings is 1. The molecule has 3 aromatic rings. The summed E-state index contributed by atoms with van der Waals surface area (Å²) in [5.41, 5.74) is 5.38. The van der Waals surface area contributed by atoms with Crippen LogP contribution in [0.5, 0.6) is 0 Å². The van der Waals surface area contributed by atoms with E-state index in [1.54, 1.807) is 11.3 Å². The molecule has 1 aromatic carbocycles. The van der Waals surface area contributed by atoms with Crippen LogP contribution < -0.4 is 5.56 Å². The minimum atomic E-state index is -0.346. The molecule has 3 rings (SSSR count). The van der Waals surface area contributed by atoms with E-state index in [1.807, 2.05) is 54.9 Å². The molecule has 4 heteroatoms. The zero-order chi connectivity index (χ0) is 15.7. The lowest BCUT2D eigenvalue weighted by Gasteiger charge is -2.10. The molecule has 0 bridgehead atoms. The van der Waals surface area contributed by atoms with Crippen LogP contribution >= 0.6 is 11.3 Å². The highest BCUT2D eigenvalue weighted by Gasteiger charge is 2.13. The average molecular weight is 306 g/mol. The van der Waals surface area contributed by atoms with Crippen molar-refractivity contribution < 1.29 is 0 Å². The summed E-state index contributed by atoms with van der Waals surface area (Å²) in [5.74, 6) is 0. The predicted molar refractivity (Wildman–Crippen MR) is 90.0 cm³/mol. The molecule has 0 saturated heterocycles. The predicted octanol–water partition coefficient (Wildman–Crippen LogP) is 4.26. The number of aryl methyl sites for hydroxylation is 2. The van der Waals surface area contributed by atoms with Gasteiger partial charge in [-0.05, 0) is 47.9 Å².